The number of nitrogens with one attached hydrogen (secondary N) is 1. The topological polar surface area (TPSA) is 93.1 Å². The molecular formula is C28H28N6O2. The normalized spacial score (nSPS) is 15.5. The zero-order valence-electron chi connectivity index (χ0n) is 20.4. The number of ether oxygens (including phenoxy) is 1. The molecule has 1 aliphatic heterocycles. The highest BCUT2D eigenvalue weighted by atomic mass is 16.5. The van der Waals surface area contributed by atoms with Crippen LogP contribution in [0, 0.1) is 6.92 Å². The van der Waals surface area contributed by atoms with E-state index in [1.165, 1.54) is 0 Å². The quantitative estimate of drug-likeness (QED) is 0.388. The number of amides is 1. The van der Waals surface area contributed by atoms with E-state index in [-0.39, 0.29) is 6.04 Å². The summed E-state index contributed by atoms with van der Waals surface area (Å²) in [5, 5.41) is 3.33. The lowest BCUT2D eigenvalue weighted by molar-refractivity contribution is -0.126. The van der Waals surface area contributed by atoms with E-state index >= 15 is 0 Å². The summed E-state index contributed by atoms with van der Waals surface area (Å²) in [4.78, 5) is 32.0. The van der Waals surface area contributed by atoms with Crippen LogP contribution in [-0.4, -0.2) is 57.5 Å². The largest absolute Gasteiger partial charge is 0.382 e. The van der Waals surface area contributed by atoms with Crippen molar-refractivity contribution < 1.29 is 9.53 Å². The predicted octanol–water partition coefficient (Wildman–Crippen LogP) is 4.54. The van der Waals surface area contributed by atoms with Crippen molar-refractivity contribution in [1.82, 2.24) is 24.8 Å². The van der Waals surface area contributed by atoms with Gasteiger partial charge >= 0.3 is 0 Å². The Morgan fingerprint density at radius 3 is 2.69 bits per heavy atom. The summed E-state index contributed by atoms with van der Waals surface area (Å²) in [7, 11) is 0. The zero-order valence-corrected chi connectivity index (χ0v) is 20.4. The van der Waals surface area contributed by atoms with E-state index in [1.54, 1.807) is 11.1 Å². The average Bonchev–Trinajstić information content (AvgIpc) is 2.93. The molecule has 4 heterocycles. The molecule has 1 saturated heterocycles. The Morgan fingerprint density at radius 2 is 1.92 bits per heavy atom. The number of carbonyl (C=O) groups excluding carboxylic acids is 1. The van der Waals surface area contributed by atoms with Crippen LogP contribution in [-0.2, 0) is 9.53 Å². The summed E-state index contributed by atoms with van der Waals surface area (Å²) in [6, 6.07) is 17.9. The third kappa shape index (κ3) is 4.94. The van der Waals surface area contributed by atoms with Crippen molar-refractivity contribution in [1.29, 1.82) is 0 Å². The minimum atomic E-state index is -0.0826. The number of anilines is 1. The van der Waals surface area contributed by atoms with Crippen LogP contribution in [0.25, 0.3) is 34.0 Å². The van der Waals surface area contributed by atoms with Crippen LogP contribution in [0.3, 0.4) is 0 Å². The molecule has 5 rings (SSSR count). The maximum Gasteiger partial charge on any atom is 0.210 e. The van der Waals surface area contributed by atoms with Crippen LogP contribution in [0.4, 0.5) is 5.69 Å². The number of rotatable bonds is 7. The highest BCUT2D eigenvalue weighted by Gasteiger charge is 2.23. The van der Waals surface area contributed by atoms with E-state index in [9.17, 15) is 4.79 Å². The van der Waals surface area contributed by atoms with Gasteiger partial charge in [-0.25, -0.2) is 15.0 Å². The van der Waals surface area contributed by atoms with Crippen molar-refractivity contribution in [2.45, 2.75) is 19.9 Å². The first kappa shape index (κ1) is 23.6. The Labute approximate surface area is 210 Å². The number of pyridine rings is 2. The Balaban J connectivity index is 1.46. The fourth-order valence-corrected chi connectivity index (χ4v) is 4.35. The Hall–Kier alpha value is -4.17. The summed E-state index contributed by atoms with van der Waals surface area (Å²) in [6.07, 6.45) is 4.54. The number of aryl methyl sites for hydroxylation is 1. The van der Waals surface area contributed by atoms with Crippen LogP contribution in [0.1, 0.15) is 24.2 Å². The molecular weight excluding hydrogens is 452 g/mol. The molecule has 1 amide bonds. The summed E-state index contributed by atoms with van der Waals surface area (Å²) < 4.78 is 5.62. The lowest BCUT2D eigenvalue weighted by Crippen LogP contribution is -2.38. The number of carbonyl (C=O) groups is 1. The summed E-state index contributed by atoms with van der Waals surface area (Å²) >= 11 is 0. The molecule has 1 atom stereocenters. The smallest absolute Gasteiger partial charge is 0.210 e. The van der Waals surface area contributed by atoms with Gasteiger partial charge in [0.25, 0.3) is 0 Å². The van der Waals surface area contributed by atoms with Crippen LogP contribution in [0.2, 0.25) is 0 Å². The van der Waals surface area contributed by atoms with Crippen molar-refractivity contribution in [3.05, 3.63) is 78.2 Å². The predicted molar refractivity (Wildman–Crippen MR) is 139 cm³/mol. The molecule has 0 radical (unpaired) electrons. The minimum absolute atomic E-state index is 0.0826. The molecule has 1 aliphatic rings. The number of hydrogen-bond acceptors (Lipinski definition) is 7. The molecule has 8 nitrogen and oxygen atoms in total. The van der Waals surface area contributed by atoms with E-state index in [0.29, 0.717) is 25.6 Å². The van der Waals surface area contributed by atoms with Gasteiger partial charge in [0.2, 0.25) is 6.41 Å². The van der Waals surface area contributed by atoms with Crippen LogP contribution >= 0.6 is 0 Å². The molecule has 36 heavy (non-hydrogen) atoms. The molecule has 3 aromatic heterocycles. The van der Waals surface area contributed by atoms with Gasteiger partial charge in [-0.05, 0) is 49.2 Å². The first-order chi connectivity index (χ1) is 17.7. The molecule has 182 valence electrons. The zero-order chi connectivity index (χ0) is 24.9. The van der Waals surface area contributed by atoms with Crippen molar-refractivity contribution >= 4 is 12.1 Å². The first-order valence-electron chi connectivity index (χ1n) is 12.1. The van der Waals surface area contributed by atoms with Crippen molar-refractivity contribution in [3.63, 3.8) is 0 Å². The maximum absolute atomic E-state index is 11.5. The first-order valence-corrected chi connectivity index (χ1v) is 12.1. The van der Waals surface area contributed by atoms with Crippen molar-refractivity contribution in [2.75, 3.05) is 31.6 Å². The molecule has 0 bridgehead atoms. The maximum atomic E-state index is 11.5. The van der Waals surface area contributed by atoms with Crippen molar-refractivity contribution in [2.24, 2.45) is 0 Å². The summed E-state index contributed by atoms with van der Waals surface area (Å²) in [5.41, 5.74) is 6.99. The van der Waals surface area contributed by atoms with Crippen LogP contribution in [0.15, 0.2) is 67.0 Å². The minimum Gasteiger partial charge on any atom is -0.382 e. The van der Waals surface area contributed by atoms with Crippen molar-refractivity contribution in [3.8, 4) is 34.0 Å². The van der Waals surface area contributed by atoms with Crippen LogP contribution < -0.4 is 5.32 Å². The summed E-state index contributed by atoms with van der Waals surface area (Å²) in [5.74, 6) is 0.559. The van der Waals surface area contributed by atoms with Gasteiger partial charge in [-0.15, -0.1) is 0 Å². The molecule has 1 aromatic carbocycles. The molecule has 8 heteroatoms. The Kier molecular flexibility index (Phi) is 6.95. The highest BCUT2D eigenvalue weighted by molar-refractivity contribution is 5.74. The average molecular weight is 481 g/mol. The van der Waals surface area contributed by atoms with Gasteiger partial charge in [-0.3, -0.25) is 9.78 Å². The number of benzene rings is 1. The molecule has 4 aromatic rings. The number of morpholine rings is 1. The second kappa shape index (κ2) is 10.6. The fraction of sp³-hybridized carbons (Fsp3) is 0.250. The van der Waals surface area contributed by atoms with Crippen LogP contribution in [0.5, 0.6) is 0 Å². The monoisotopic (exact) mass is 480 g/mol. The number of aromatic nitrogens is 4. The van der Waals surface area contributed by atoms with Gasteiger partial charge in [0.1, 0.15) is 11.4 Å². The van der Waals surface area contributed by atoms with E-state index in [4.69, 9.17) is 14.7 Å². The summed E-state index contributed by atoms with van der Waals surface area (Å²) in [6.45, 7) is 6.39. The Morgan fingerprint density at radius 1 is 1.03 bits per heavy atom. The van der Waals surface area contributed by atoms with E-state index in [2.05, 4.69) is 21.4 Å². The highest BCUT2D eigenvalue weighted by Crippen LogP contribution is 2.30. The SMILES string of the molecule is CCNc1cnc(-c2cccc(C)n2)nc1-c1ccc(-c2cccc(C3COCCN3C=O)c2)cn1. The van der Waals surface area contributed by atoms with Gasteiger partial charge < -0.3 is 15.0 Å². The van der Waals surface area contributed by atoms with Gasteiger partial charge in [0.05, 0.1) is 36.8 Å². The third-order valence-corrected chi connectivity index (χ3v) is 6.19. The van der Waals surface area contributed by atoms with E-state index in [0.717, 1.165) is 58.1 Å². The molecule has 1 fully saturated rings. The lowest BCUT2D eigenvalue weighted by atomic mass is 9.99. The third-order valence-electron chi connectivity index (χ3n) is 6.19. The molecule has 0 aliphatic carbocycles. The number of hydrogen-bond donors (Lipinski definition) is 1. The standard InChI is InChI=1S/C28H28N6O2/c1-3-29-25-16-31-28(24-9-4-6-19(2)32-24)33-27(25)23-11-10-22(15-30-23)20-7-5-8-21(14-20)26-17-36-13-12-34(26)18-35/h4-11,14-16,18,26,29H,3,12-13,17H2,1-2H3. The number of nitrogens with zero attached hydrogens (tertiary/aromatic N) is 5. The van der Waals surface area contributed by atoms with Gasteiger partial charge in [-0.1, -0.05) is 30.3 Å². The van der Waals surface area contributed by atoms with Gasteiger partial charge in [-0.2, -0.15) is 0 Å². The molecule has 1 N–H and O–H groups in total. The second-order valence-corrected chi connectivity index (χ2v) is 8.64. The Bertz CT molecular complexity index is 1360. The fourth-order valence-electron chi connectivity index (χ4n) is 4.35. The molecule has 1 unspecified atom stereocenters. The molecule has 0 saturated carbocycles. The molecule has 0 spiro atoms. The lowest BCUT2D eigenvalue weighted by Gasteiger charge is -2.33. The van der Waals surface area contributed by atoms with E-state index in [1.807, 2.05) is 68.6 Å². The van der Waals surface area contributed by atoms with Gasteiger partial charge in [0, 0.05) is 30.5 Å². The van der Waals surface area contributed by atoms with Gasteiger partial charge in [0.15, 0.2) is 5.82 Å². The second-order valence-electron chi connectivity index (χ2n) is 8.64. The van der Waals surface area contributed by atoms with E-state index < -0.39 is 0 Å².